The second kappa shape index (κ2) is 6.29. The Morgan fingerprint density at radius 1 is 1.18 bits per heavy atom. The van der Waals surface area contributed by atoms with E-state index in [2.05, 4.69) is 41.4 Å². The van der Waals surface area contributed by atoms with Crippen LogP contribution in [0.25, 0.3) is 0 Å². The highest BCUT2D eigenvalue weighted by Crippen LogP contribution is 2.32. The molecule has 4 heteroatoms. The van der Waals surface area contributed by atoms with Gasteiger partial charge in [0, 0.05) is 24.8 Å². The molecule has 1 heterocycles. The average Bonchev–Trinajstić information content (AvgIpc) is 2.99. The van der Waals surface area contributed by atoms with Gasteiger partial charge in [-0.1, -0.05) is 30.5 Å². The summed E-state index contributed by atoms with van der Waals surface area (Å²) in [5, 5.41) is 13.1. The summed E-state index contributed by atoms with van der Waals surface area (Å²) < 4.78 is 0. The molecule has 2 N–H and O–H groups in total. The van der Waals surface area contributed by atoms with Crippen molar-refractivity contribution in [2.24, 2.45) is 0 Å². The van der Waals surface area contributed by atoms with Crippen molar-refractivity contribution in [2.45, 2.75) is 57.0 Å². The first-order valence-corrected chi connectivity index (χ1v) is 8.42. The average molecular weight is 302 g/mol. The lowest BCUT2D eigenvalue weighted by atomic mass is 9.93. The van der Waals surface area contributed by atoms with Gasteiger partial charge in [-0.25, -0.2) is 0 Å². The number of hydrogen-bond donors (Lipinski definition) is 2. The summed E-state index contributed by atoms with van der Waals surface area (Å²) in [6.45, 7) is 4.10. The van der Waals surface area contributed by atoms with E-state index in [9.17, 15) is 9.90 Å². The van der Waals surface area contributed by atoms with E-state index in [1.165, 1.54) is 11.3 Å². The molecule has 1 aromatic carbocycles. The molecule has 0 unspecified atom stereocenters. The smallest absolute Gasteiger partial charge is 0.323 e. The lowest BCUT2D eigenvalue weighted by Gasteiger charge is -2.38. The molecule has 0 bridgehead atoms. The molecule has 1 saturated carbocycles. The summed E-state index contributed by atoms with van der Waals surface area (Å²) in [5.74, 6) is -0.661. The lowest BCUT2D eigenvalue weighted by Crippen LogP contribution is -2.56. The van der Waals surface area contributed by atoms with E-state index in [4.69, 9.17) is 0 Å². The number of aryl methyl sites for hydroxylation is 1. The fraction of sp³-hybridized carbons (Fsp3) is 0.611. The molecule has 120 valence electrons. The zero-order valence-corrected chi connectivity index (χ0v) is 13.3. The molecule has 2 aliphatic rings. The molecule has 22 heavy (non-hydrogen) atoms. The van der Waals surface area contributed by atoms with Crippen LogP contribution in [0.3, 0.4) is 0 Å². The highest BCUT2D eigenvalue weighted by molar-refractivity contribution is 5.79. The molecule has 4 nitrogen and oxygen atoms in total. The van der Waals surface area contributed by atoms with Crippen LogP contribution in [0.2, 0.25) is 0 Å². The van der Waals surface area contributed by atoms with E-state index < -0.39 is 11.5 Å². The molecule has 1 aliphatic heterocycles. The van der Waals surface area contributed by atoms with Crippen molar-refractivity contribution in [1.82, 2.24) is 5.32 Å². The van der Waals surface area contributed by atoms with Crippen LogP contribution in [-0.2, 0) is 4.79 Å². The molecule has 1 aromatic rings. The van der Waals surface area contributed by atoms with Crippen LogP contribution >= 0.6 is 0 Å². The molecular formula is C18H26N2O2. The van der Waals surface area contributed by atoms with E-state index in [0.717, 1.165) is 51.6 Å². The predicted octanol–water partition coefficient (Wildman–Crippen LogP) is 2.95. The predicted molar refractivity (Wildman–Crippen MR) is 88.4 cm³/mol. The topological polar surface area (TPSA) is 52.6 Å². The Hall–Kier alpha value is -1.55. The maximum atomic E-state index is 11.6. The largest absolute Gasteiger partial charge is 0.480 e. The molecule has 0 aromatic heterocycles. The standard InChI is InChI=1S/C18H26N2O2/c1-14-4-6-16(7-5-14)20-12-8-15(9-13-20)19-18(17(21)22)10-2-3-11-18/h4-7,15,19H,2-3,8-13H2,1H3,(H,21,22). The summed E-state index contributed by atoms with van der Waals surface area (Å²) in [6, 6.07) is 8.99. The SMILES string of the molecule is Cc1ccc(N2CCC(NC3(C(=O)O)CCCC3)CC2)cc1. The Bertz CT molecular complexity index is 512. The minimum atomic E-state index is -0.661. The van der Waals surface area contributed by atoms with Crippen molar-refractivity contribution in [3.8, 4) is 0 Å². The fourth-order valence-corrected chi connectivity index (χ4v) is 3.83. The number of carboxylic acids is 1. The van der Waals surface area contributed by atoms with Crippen molar-refractivity contribution in [3.63, 3.8) is 0 Å². The van der Waals surface area contributed by atoms with E-state index >= 15 is 0 Å². The Labute approximate surface area is 132 Å². The van der Waals surface area contributed by atoms with Crippen molar-refractivity contribution >= 4 is 11.7 Å². The quantitative estimate of drug-likeness (QED) is 0.898. The molecule has 0 amide bonds. The first-order chi connectivity index (χ1) is 10.6. The summed E-state index contributed by atoms with van der Waals surface area (Å²) in [4.78, 5) is 14.0. The number of aliphatic carboxylic acids is 1. The summed E-state index contributed by atoms with van der Waals surface area (Å²) in [7, 11) is 0. The van der Waals surface area contributed by atoms with Gasteiger partial charge in [0.05, 0.1) is 0 Å². The number of anilines is 1. The van der Waals surface area contributed by atoms with Crippen LogP contribution in [0, 0.1) is 6.92 Å². The zero-order chi connectivity index (χ0) is 15.6. The molecule has 1 saturated heterocycles. The van der Waals surface area contributed by atoms with E-state index in [0.29, 0.717) is 6.04 Å². The summed E-state index contributed by atoms with van der Waals surface area (Å²) >= 11 is 0. The minimum absolute atomic E-state index is 0.330. The fourth-order valence-electron chi connectivity index (χ4n) is 3.83. The maximum Gasteiger partial charge on any atom is 0.323 e. The Kier molecular flexibility index (Phi) is 4.39. The molecule has 0 atom stereocenters. The maximum absolute atomic E-state index is 11.6. The Balaban J connectivity index is 1.57. The second-order valence-corrected chi connectivity index (χ2v) is 6.84. The third kappa shape index (κ3) is 3.12. The Morgan fingerprint density at radius 3 is 2.32 bits per heavy atom. The van der Waals surface area contributed by atoms with Crippen LogP contribution < -0.4 is 10.2 Å². The third-order valence-electron chi connectivity index (χ3n) is 5.24. The van der Waals surface area contributed by atoms with E-state index in [1.807, 2.05) is 0 Å². The number of nitrogens with zero attached hydrogens (tertiary/aromatic N) is 1. The lowest BCUT2D eigenvalue weighted by molar-refractivity contribution is -0.145. The van der Waals surface area contributed by atoms with Crippen LogP contribution in [-0.4, -0.2) is 35.7 Å². The van der Waals surface area contributed by atoms with Crippen LogP contribution in [0.1, 0.15) is 44.1 Å². The highest BCUT2D eigenvalue weighted by Gasteiger charge is 2.42. The monoisotopic (exact) mass is 302 g/mol. The van der Waals surface area contributed by atoms with Crippen LogP contribution in [0.4, 0.5) is 5.69 Å². The van der Waals surface area contributed by atoms with Crippen molar-refractivity contribution in [3.05, 3.63) is 29.8 Å². The van der Waals surface area contributed by atoms with Gasteiger partial charge >= 0.3 is 5.97 Å². The van der Waals surface area contributed by atoms with Gasteiger partial charge in [0.2, 0.25) is 0 Å². The van der Waals surface area contributed by atoms with Gasteiger partial charge in [-0.3, -0.25) is 10.1 Å². The second-order valence-electron chi connectivity index (χ2n) is 6.84. The van der Waals surface area contributed by atoms with Gasteiger partial charge in [-0.05, 0) is 44.7 Å². The van der Waals surface area contributed by atoms with Gasteiger partial charge in [0.1, 0.15) is 5.54 Å². The summed E-state index contributed by atoms with van der Waals surface area (Å²) in [5.41, 5.74) is 1.90. The van der Waals surface area contributed by atoms with Crippen LogP contribution in [0.15, 0.2) is 24.3 Å². The number of piperidine rings is 1. The molecule has 2 fully saturated rings. The summed E-state index contributed by atoms with van der Waals surface area (Å²) in [6.07, 6.45) is 5.65. The van der Waals surface area contributed by atoms with Gasteiger partial charge in [0.25, 0.3) is 0 Å². The van der Waals surface area contributed by atoms with Crippen LogP contribution in [0.5, 0.6) is 0 Å². The Morgan fingerprint density at radius 2 is 1.77 bits per heavy atom. The first-order valence-electron chi connectivity index (χ1n) is 8.42. The molecule has 0 radical (unpaired) electrons. The molecule has 3 rings (SSSR count). The van der Waals surface area contributed by atoms with Gasteiger partial charge in [-0.2, -0.15) is 0 Å². The van der Waals surface area contributed by atoms with Crippen molar-refractivity contribution < 1.29 is 9.90 Å². The normalized spacial score (nSPS) is 22.0. The number of benzene rings is 1. The third-order valence-corrected chi connectivity index (χ3v) is 5.24. The van der Waals surface area contributed by atoms with Crippen molar-refractivity contribution in [1.29, 1.82) is 0 Å². The van der Waals surface area contributed by atoms with Gasteiger partial charge in [0.15, 0.2) is 0 Å². The number of carbonyl (C=O) groups is 1. The number of hydrogen-bond acceptors (Lipinski definition) is 3. The van der Waals surface area contributed by atoms with E-state index in [-0.39, 0.29) is 0 Å². The van der Waals surface area contributed by atoms with E-state index in [1.54, 1.807) is 0 Å². The first kappa shape index (κ1) is 15.3. The number of carboxylic acid groups (broad SMARTS) is 1. The number of nitrogens with one attached hydrogen (secondary N) is 1. The molecule has 0 spiro atoms. The van der Waals surface area contributed by atoms with Gasteiger partial charge < -0.3 is 10.0 Å². The minimum Gasteiger partial charge on any atom is -0.480 e. The zero-order valence-electron chi connectivity index (χ0n) is 13.3. The van der Waals surface area contributed by atoms with Crippen molar-refractivity contribution in [2.75, 3.05) is 18.0 Å². The van der Waals surface area contributed by atoms with Gasteiger partial charge in [-0.15, -0.1) is 0 Å². The molecular weight excluding hydrogens is 276 g/mol. The highest BCUT2D eigenvalue weighted by atomic mass is 16.4. The number of rotatable bonds is 4. The molecule has 1 aliphatic carbocycles.